The van der Waals surface area contributed by atoms with E-state index in [1.165, 1.54) is 89.9 Å². The molecule has 140 valence electrons. The molecule has 0 saturated carbocycles. The van der Waals surface area contributed by atoms with Crippen molar-refractivity contribution in [3.05, 3.63) is 0 Å². The van der Waals surface area contributed by atoms with Crippen LogP contribution < -0.4 is 5.73 Å². The van der Waals surface area contributed by atoms with Crippen LogP contribution in [0.3, 0.4) is 0 Å². The van der Waals surface area contributed by atoms with Crippen molar-refractivity contribution in [3.63, 3.8) is 0 Å². The second kappa shape index (κ2) is 18.2. The van der Waals surface area contributed by atoms with Crippen molar-refractivity contribution in [3.8, 4) is 0 Å². The van der Waals surface area contributed by atoms with E-state index in [1.807, 2.05) is 0 Å². The summed E-state index contributed by atoms with van der Waals surface area (Å²) in [5.41, 5.74) is 5.58. The van der Waals surface area contributed by atoms with Gasteiger partial charge in [-0.3, -0.25) is 0 Å². The summed E-state index contributed by atoms with van der Waals surface area (Å²) in [7, 11) is 0. The van der Waals surface area contributed by atoms with Crippen LogP contribution in [0.5, 0.6) is 0 Å². The third kappa shape index (κ3) is 16.5. The molecule has 0 spiro atoms. The van der Waals surface area contributed by atoms with E-state index < -0.39 is 12.1 Å². The average molecular weight is 330 g/mol. The normalized spacial score (nSPS) is 14.1. The molecular formula is C20H43NO2. The molecule has 0 saturated heterocycles. The highest BCUT2D eigenvalue weighted by Crippen LogP contribution is 2.14. The summed E-state index contributed by atoms with van der Waals surface area (Å²) in [5.74, 6) is 0. The smallest absolute Gasteiger partial charge is 0.0713 e. The lowest BCUT2D eigenvalue weighted by Crippen LogP contribution is -2.37. The van der Waals surface area contributed by atoms with Crippen LogP contribution in [-0.2, 0) is 0 Å². The SMILES string of the molecule is CCCCCCCCCCCCCCCCCC(O)C(N)CO. The molecule has 0 aromatic carbocycles. The predicted octanol–water partition coefficient (Wildman–Crippen LogP) is 4.93. The van der Waals surface area contributed by atoms with Crippen molar-refractivity contribution >= 4 is 0 Å². The number of aliphatic hydroxyl groups excluding tert-OH is 2. The molecule has 0 bridgehead atoms. The van der Waals surface area contributed by atoms with Crippen molar-refractivity contribution in [1.82, 2.24) is 0 Å². The molecule has 0 aliphatic rings. The van der Waals surface area contributed by atoms with Gasteiger partial charge in [-0.05, 0) is 6.42 Å². The van der Waals surface area contributed by atoms with Gasteiger partial charge in [0.25, 0.3) is 0 Å². The Hall–Kier alpha value is -0.120. The minimum Gasteiger partial charge on any atom is -0.395 e. The summed E-state index contributed by atoms with van der Waals surface area (Å²) < 4.78 is 0. The molecule has 0 aliphatic heterocycles. The van der Waals surface area contributed by atoms with Gasteiger partial charge in [0.05, 0.1) is 18.8 Å². The van der Waals surface area contributed by atoms with Crippen molar-refractivity contribution < 1.29 is 10.2 Å². The fourth-order valence-electron chi connectivity index (χ4n) is 3.06. The molecule has 0 fully saturated rings. The first-order valence-electron chi connectivity index (χ1n) is 10.3. The number of rotatable bonds is 18. The van der Waals surface area contributed by atoms with Crippen LogP contribution in [0, 0.1) is 0 Å². The molecule has 0 rings (SSSR count). The second-order valence-corrected chi connectivity index (χ2v) is 7.15. The Labute approximate surface area is 145 Å². The van der Waals surface area contributed by atoms with E-state index in [9.17, 15) is 5.11 Å². The number of aliphatic hydroxyl groups is 2. The standard InChI is InChI=1S/C20H43NO2/c1-2-3-4-5-6-7-8-9-10-11-12-13-14-15-16-17-20(23)19(21)18-22/h19-20,22-23H,2-18,21H2,1H3. The molecule has 3 nitrogen and oxygen atoms in total. The Morgan fingerprint density at radius 2 is 1.00 bits per heavy atom. The first-order valence-corrected chi connectivity index (χ1v) is 10.3. The van der Waals surface area contributed by atoms with Gasteiger partial charge in [0, 0.05) is 0 Å². The minimum atomic E-state index is -0.540. The summed E-state index contributed by atoms with van der Waals surface area (Å²) in [5, 5.41) is 18.5. The molecule has 0 heterocycles. The fraction of sp³-hybridized carbons (Fsp3) is 1.00. The van der Waals surface area contributed by atoms with Gasteiger partial charge in [0.2, 0.25) is 0 Å². The zero-order valence-electron chi connectivity index (χ0n) is 15.6. The van der Waals surface area contributed by atoms with Crippen molar-refractivity contribution in [1.29, 1.82) is 0 Å². The zero-order chi connectivity index (χ0) is 17.2. The lowest BCUT2D eigenvalue weighted by molar-refractivity contribution is 0.0990. The Balaban J connectivity index is 3.08. The van der Waals surface area contributed by atoms with Gasteiger partial charge in [-0.1, -0.05) is 103 Å². The average Bonchev–Trinajstić information content (AvgIpc) is 2.57. The van der Waals surface area contributed by atoms with Gasteiger partial charge < -0.3 is 15.9 Å². The first kappa shape index (κ1) is 22.9. The zero-order valence-corrected chi connectivity index (χ0v) is 15.6. The topological polar surface area (TPSA) is 66.5 Å². The maximum atomic E-state index is 9.64. The summed E-state index contributed by atoms with van der Waals surface area (Å²) in [4.78, 5) is 0. The highest BCUT2D eigenvalue weighted by molar-refractivity contribution is 4.70. The molecule has 0 aromatic heterocycles. The maximum Gasteiger partial charge on any atom is 0.0713 e. The van der Waals surface area contributed by atoms with E-state index in [2.05, 4.69) is 6.92 Å². The molecular weight excluding hydrogens is 286 g/mol. The largest absolute Gasteiger partial charge is 0.395 e. The van der Waals surface area contributed by atoms with E-state index >= 15 is 0 Å². The number of hydrogen-bond acceptors (Lipinski definition) is 3. The monoisotopic (exact) mass is 329 g/mol. The van der Waals surface area contributed by atoms with E-state index in [0.717, 1.165) is 12.8 Å². The van der Waals surface area contributed by atoms with Crippen molar-refractivity contribution in [2.24, 2.45) is 5.73 Å². The van der Waals surface area contributed by atoms with Crippen LogP contribution in [0.4, 0.5) is 0 Å². The summed E-state index contributed by atoms with van der Waals surface area (Å²) in [6.45, 7) is 2.15. The number of nitrogens with two attached hydrogens (primary N) is 1. The second-order valence-electron chi connectivity index (χ2n) is 7.15. The van der Waals surface area contributed by atoms with Crippen molar-refractivity contribution in [2.75, 3.05) is 6.61 Å². The Morgan fingerprint density at radius 3 is 1.35 bits per heavy atom. The van der Waals surface area contributed by atoms with Gasteiger partial charge in [-0.25, -0.2) is 0 Å². The third-order valence-electron chi connectivity index (χ3n) is 4.81. The van der Waals surface area contributed by atoms with Gasteiger partial charge in [-0.15, -0.1) is 0 Å². The minimum absolute atomic E-state index is 0.125. The van der Waals surface area contributed by atoms with Crippen LogP contribution in [0.1, 0.15) is 110 Å². The maximum absolute atomic E-state index is 9.64. The van der Waals surface area contributed by atoms with Crippen LogP contribution in [0.25, 0.3) is 0 Å². The lowest BCUT2D eigenvalue weighted by Gasteiger charge is -2.15. The van der Waals surface area contributed by atoms with Gasteiger partial charge >= 0.3 is 0 Å². The molecule has 4 N–H and O–H groups in total. The Bertz CT molecular complexity index is 224. The van der Waals surface area contributed by atoms with Crippen LogP contribution in [0.2, 0.25) is 0 Å². The molecule has 0 amide bonds. The number of unbranched alkanes of at least 4 members (excludes halogenated alkanes) is 14. The van der Waals surface area contributed by atoms with Crippen molar-refractivity contribution in [2.45, 2.75) is 122 Å². The fourth-order valence-corrected chi connectivity index (χ4v) is 3.06. The summed E-state index contributed by atoms with van der Waals surface area (Å²) in [6, 6.07) is -0.471. The van der Waals surface area contributed by atoms with E-state index in [1.54, 1.807) is 0 Å². The lowest BCUT2D eigenvalue weighted by atomic mass is 10.0. The number of hydrogen-bond donors (Lipinski definition) is 3. The van der Waals surface area contributed by atoms with E-state index in [0.29, 0.717) is 0 Å². The quantitative estimate of drug-likeness (QED) is 0.312. The molecule has 0 aromatic rings. The molecule has 2 unspecified atom stereocenters. The first-order chi connectivity index (χ1) is 11.2. The Kier molecular flexibility index (Phi) is 18.1. The highest BCUT2D eigenvalue weighted by atomic mass is 16.3. The van der Waals surface area contributed by atoms with E-state index in [-0.39, 0.29) is 6.61 Å². The highest BCUT2D eigenvalue weighted by Gasteiger charge is 2.12. The van der Waals surface area contributed by atoms with Gasteiger partial charge in [0.1, 0.15) is 0 Å². The van der Waals surface area contributed by atoms with Crippen LogP contribution in [0.15, 0.2) is 0 Å². The third-order valence-corrected chi connectivity index (χ3v) is 4.81. The molecule has 0 aliphatic carbocycles. The van der Waals surface area contributed by atoms with Gasteiger partial charge in [-0.2, -0.15) is 0 Å². The van der Waals surface area contributed by atoms with Crippen LogP contribution >= 0.6 is 0 Å². The predicted molar refractivity (Wildman–Crippen MR) is 101 cm³/mol. The molecule has 2 atom stereocenters. The molecule has 3 heteroatoms. The molecule has 0 radical (unpaired) electrons. The summed E-state index contributed by atoms with van der Waals surface area (Å²) >= 11 is 0. The molecule has 23 heavy (non-hydrogen) atoms. The summed E-state index contributed by atoms with van der Waals surface area (Å²) in [6.07, 6.45) is 20.4. The van der Waals surface area contributed by atoms with E-state index in [4.69, 9.17) is 10.8 Å². The van der Waals surface area contributed by atoms with Crippen LogP contribution in [-0.4, -0.2) is 29.0 Å². The van der Waals surface area contributed by atoms with Gasteiger partial charge in [0.15, 0.2) is 0 Å². The Morgan fingerprint density at radius 1 is 0.652 bits per heavy atom.